The normalized spacial score (nSPS) is 17.6. The fraction of sp³-hybridized carbons (Fsp3) is 0.0500. The third kappa shape index (κ3) is 4.53. The number of ketones is 2. The average Bonchev–Trinajstić information content (AvgIpc) is 2.64. The lowest BCUT2D eigenvalue weighted by molar-refractivity contribution is -0.111. The van der Waals surface area contributed by atoms with Gasteiger partial charge in [0.2, 0.25) is 11.6 Å². The van der Waals surface area contributed by atoms with Crippen LogP contribution >= 0.6 is 90.4 Å². The third-order valence-corrected chi connectivity index (χ3v) is 7.48. The Labute approximate surface area is 215 Å². The minimum atomic E-state index is -1.03. The summed E-state index contributed by atoms with van der Waals surface area (Å²) in [5, 5.41) is 9.70. The summed E-state index contributed by atoms with van der Waals surface area (Å²) in [5.41, 5.74) is 2.27. The van der Waals surface area contributed by atoms with Gasteiger partial charge in [-0.05, 0) is 125 Å². The van der Waals surface area contributed by atoms with Gasteiger partial charge in [0, 0.05) is 5.92 Å². The van der Waals surface area contributed by atoms with E-state index in [0.717, 1.165) is 11.1 Å². The number of carbonyl (C=O) groups is 3. The minimum absolute atomic E-state index is 0.0395. The zero-order chi connectivity index (χ0) is 20.6. The summed E-state index contributed by atoms with van der Waals surface area (Å²) in [4.78, 5) is 36.2. The molecule has 0 bridgehead atoms. The van der Waals surface area contributed by atoms with Crippen LogP contribution in [0.3, 0.4) is 0 Å². The van der Waals surface area contributed by atoms with Crippen molar-refractivity contribution in [3.63, 3.8) is 0 Å². The second-order valence-electron chi connectivity index (χ2n) is 5.92. The number of halogens is 4. The first-order valence-corrected chi connectivity index (χ1v) is 12.2. The van der Waals surface area contributed by atoms with Gasteiger partial charge in [-0.15, -0.1) is 0 Å². The van der Waals surface area contributed by atoms with Gasteiger partial charge >= 0.3 is 5.97 Å². The van der Waals surface area contributed by atoms with Crippen LogP contribution in [0.5, 0.6) is 0 Å². The summed E-state index contributed by atoms with van der Waals surface area (Å²) in [7, 11) is 0. The monoisotopic (exact) mass is 822 g/mol. The number of hydrogen-bond acceptors (Lipinski definition) is 3. The van der Waals surface area contributed by atoms with Crippen molar-refractivity contribution < 1.29 is 19.5 Å². The van der Waals surface area contributed by atoms with Crippen molar-refractivity contribution in [2.75, 3.05) is 0 Å². The number of hydrogen-bond donors (Lipinski definition) is 1. The molecule has 0 atom stereocenters. The standard InChI is InChI=1S/C20H10I4O4/c21-13-5-9(6-14(22)18(13)25)17(10-7-15(23)19(26)16(24)8-10)11-3-1-2-4-12(11)20(27)28/h1-9H,(H,27,28). The van der Waals surface area contributed by atoms with Gasteiger partial charge in [-0.25, -0.2) is 4.79 Å². The van der Waals surface area contributed by atoms with Crippen molar-refractivity contribution in [1.82, 2.24) is 0 Å². The van der Waals surface area contributed by atoms with E-state index in [1.807, 2.05) is 103 Å². The Kier molecular flexibility index (Phi) is 7.34. The highest BCUT2D eigenvalue weighted by molar-refractivity contribution is 14.1. The molecule has 0 saturated heterocycles. The number of rotatable bonds is 3. The molecule has 1 N–H and O–H groups in total. The first-order valence-electron chi connectivity index (χ1n) is 7.86. The van der Waals surface area contributed by atoms with Crippen molar-refractivity contribution in [3.05, 3.63) is 79.6 Å². The quantitative estimate of drug-likeness (QED) is 0.370. The fourth-order valence-electron chi connectivity index (χ4n) is 2.94. The molecule has 0 aliphatic heterocycles. The van der Waals surface area contributed by atoms with Gasteiger partial charge in [0.25, 0.3) is 0 Å². The second kappa shape index (κ2) is 9.20. The van der Waals surface area contributed by atoms with E-state index in [9.17, 15) is 19.5 Å². The third-order valence-electron chi connectivity index (χ3n) is 4.18. The Morgan fingerprint density at radius 2 is 1.25 bits per heavy atom. The summed E-state index contributed by atoms with van der Waals surface area (Å²) in [6.07, 6.45) is 7.22. The molecule has 2 aliphatic carbocycles. The zero-order valence-corrected chi connectivity index (χ0v) is 22.5. The molecule has 3 rings (SSSR count). The Bertz CT molecular complexity index is 1030. The van der Waals surface area contributed by atoms with E-state index in [2.05, 4.69) is 0 Å². The molecule has 2 aliphatic rings. The van der Waals surface area contributed by atoms with Crippen molar-refractivity contribution in [2.24, 2.45) is 5.92 Å². The van der Waals surface area contributed by atoms with E-state index in [-0.39, 0.29) is 23.0 Å². The molecule has 0 fully saturated rings. The highest BCUT2D eigenvalue weighted by Crippen LogP contribution is 2.41. The lowest BCUT2D eigenvalue weighted by atomic mass is 9.82. The Balaban J connectivity index is 2.35. The number of carbonyl (C=O) groups excluding carboxylic acids is 2. The maximum absolute atomic E-state index is 12.2. The highest BCUT2D eigenvalue weighted by atomic mass is 127. The van der Waals surface area contributed by atoms with Gasteiger partial charge in [-0.1, -0.05) is 30.4 Å². The van der Waals surface area contributed by atoms with E-state index in [1.54, 1.807) is 36.4 Å². The lowest BCUT2D eigenvalue weighted by Gasteiger charge is -2.23. The predicted octanol–water partition coefficient (Wildman–Crippen LogP) is 6.20. The van der Waals surface area contributed by atoms with E-state index in [4.69, 9.17) is 0 Å². The van der Waals surface area contributed by atoms with E-state index in [0.29, 0.717) is 19.9 Å². The van der Waals surface area contributed by atoms with Crippen LogP contribution in [-0.4, -0.2) is 22.6 Å². The predicted molar refractivity (Wildman–Crippen MR) is 142 cm³/mol. The summed E-state index contributed by atoms with van der Waals surface area (Å²) in [6.45, 7) is 0. The molecule has 142 valence electrons. The van der Waals surface area contributed by atoms with Gasteiger partial charge in [-0.3, -0.25) is 9.59 Å². The maximum atomic E-state index is 12.2. The number of Topliss-reactive ketones (excluding diaryl/α,β-unsaturated/α-hetero) is 2. The smallest absolute Gasteiger partial charge is 0.336 e. The average molecular weight is 822 g/mol. The van der Waals surface area contributed by atoms with Crippen molar-refractivity contribution in [2.45, 2.75) is 0 Å². The van der Waals surface area contributed by atoms with Crippen molar-refractivity contribution >= 4 is 113 Å². The molecule has 0 spiro atoms. The number of allylic oxidation sites excluding steroid dienone is 10. The molecule has 0 heterocycles. The van der Waals surface area contributed by atoms with Crippen LogP contribution in [0.1, 0.15) is 15.9 Å². The van der Waals surface area contributed by atoms with Crippen LogP contribution in [0.2, 0.25) is 0 Å². The molecule has 0 saturated carbocycles. The topological polar surface area (TPSA) is 71.4 Å². The molecule has 1 aromatic carbocycles. The first-order chi connectivity index (χ1) is 13.2. The highest BCUT2D eigenvalue weighted by Gasteiger charge is 2.28. The van der Waals surface area contributed by atoms with Gasteiger partial charge in [-0.2, -0.15) is 0 Å². The SMILES string of the molecule is O=C1C(I)=CC(=C(c2ccccc2C(=O)O)C2C=C(I)C(=O)C(I)=C2)C=C1I. The molecular formula is C20H10I4O4. The summed E-state index contributed by atoms with van der Waals surface area (Å²) in [5.74, 6) is -1.41. The van der Waals surface area contributed by atoms with Crippen molar-refractivity contribution in [3.8, 4) is 0 Å². The van der Waals surface area contributed by atoms with Crippen LogP contribution in [0, 0.1) is 5.92 Å². The summed E-state index contributed by atoms with van der Waals surface area (Å²) >= 11 is 8.01. The summed E-state index contributed by atoms with van der Waals surface area (Å²) in [6, 6.07) is 6.80. The van der Waals surface area contributed by atoms with Crippen LogP contribution in [0.4, 0.5) is 0 Å². The van der Waals surface area contributed by atoms with Gasteiger partial charge in [0.15, 0.2) is 0 Å². The van der Waals surface area contributed by atoms with Crippen LogP contribution < -0.4 is 0 Å². The Hall–Kier alpha value is -0.350. The second-order valence-corrected chi connectivity index (χ2v) is 10.6. The summed E-state index contributed by atoms with van der Waals surface area (Å²) < 4.78 is 2.30. The van der Waals surface area contributed by atoms with Gasteiger partial charge in [0.1, 0.15) is 0 Å². The molecule has 28 heavy (non-hydrogen) atoms. The van der Waals surface area contributed by atoms with Crippen LogP contribution in [-0.2, 0) is 9.59 Å². The maximum Gasteiger partial charge on any atom is 0.336 e. The molecule has 0 unspecified atom stereocenters. The molecule has 0 amide bonds. The molecule has 4 nitrogen and oxygen atoms in total. The van der Waals surface area contributed by atoms with E-state index >= 15 is 0 Å². The molecule has 1 aromatic rings. The van der Waals surface area contributed by atoms with Crippen molar-refractivity contribution in [1.29, 1.82) is 0 Å². The largest absolute Gasteiger partial charge is 0.478 e. The molecule has 8 heteroatoms. The number of carboxylic acid groups (broad SMARTS) is 1. The van der Waals surface area contributed by atoms with Gasteiger partial charge < -0.3 is 5.11 Å². The number of carboxylic acids is 1. The first kappa shape index (κ1) is 22.3. The molecular weight excluding hydrogens is 812 g/mol. The zero-order valence-electron chi connectivity index (χ0n) is 13.9. The number of benzene rings is 1. The van der Waals surface area contributed by atoms with E-state index < -0.39 is 5.97 Å². The Morgan fingerprint density at radius 1 is 0.786 bits per heavy atom. The van der Waals surface area contributed by atoms with E-state index in [1.165, 1.54) is 0 Å². The van der Waals surface area contributed by atoms with Crippen LogP contribution in [0.15, 0.2) is 68.5 Å². The van der Waals surface area contributed by atoms with Crippen LogP contribution in [0.25, 0.3) is 5.57 Å². The number of aromatic carboxylic acids is 1. The van der Waals surface area contributed by atoms with Gasteiger partial charge in [0.05, 0.1) is 19.9 Å². The fourth-order valence-corrected chi connectivity index (χ4v) is 6.58. The molecule has 0 aromatic heterocycles. The minimum Gasteiger partial charge on any atom is -0.478 e. The Morgan fingerprint density at radius 3 is 1.75 bits per heavy atom. The lowest BCUT2D eigenvalue weighted by Crippen LogP contribution is -2.14. The molecule has 0 radical (unpaired) electrons.